The number of benzene rings is 1. The fraction of sp³-hybridized carbons (Fsp3) is 0.462. The van der Waals surface area contributed by atoms with E-state index >= 15 is 0 Å². The van der Waals surface area contributed by atoms with Gasteiger partial charge in [0, 0.05) is 0 Å². The minimum absolute atomic E-state index is 0.0727. The van der Waals surface area contributed by atoms with Crippen LogP contribution in [-0.4, -0.2) is 5.97 Å². The monoisotopic (exact) mass is 206 g/mol. The summed E-state index contributed by atoms with van der Waals surface area (Å²) in [7, 11) is 0. The van der Waals surface area contributed by atoms with E-state index in [0.717, 1.165) is 11.1 Å². The van der Waals surface area contributed by atoms with Gasteiger partial charge < -0.3 is 4.74 Å². The molecule has 0 fully saturated rings. The first kappa shape index (κ1) is 11.8. The molecule has 82 valence electrons. The van der Waals surface area contributed by atoms with E-state index in [2.05, 4.69) is 0 Å². The number of carbonyl (C=O) groups is 1. The van der Waals surface area contributed by atoms with Crippen LogP contribution in [0.15, 0.2) is 24.3 Å². The average molecular weight is 206 g/mol. The Balaban J connectivity index is 2.73. The van der Waals surface area contributed by atoms with E-state index in [1.165, 1.54) is 0 Å². The van der Waals surface area contributed by atoms with Crippen molar-refractivity contribution < 1.29 is 9.53 Å². The van der Waals surface area contributed by atoms with Gasteiger partial charge in [-0.05, 0) is 25.0 Å². The van der Waals surface area contributed by atoms with Crippen LogP contribution in [0.5, 0.6) is 0 Å². The van der Waals surface area contributed by atoms with E-state index in [9.17, 15) is 4.79 Å². The van der Waals surface area contributed by atoms with Crippen LogP contribution in [0, 0.1) is 12.8 Å². The van der Waals surface area contributed by atoms with Gasteiger partial charge in [-0.1, -0.05) is 38.1 Å². The molecule has 0 aliphatic heterocycles. The van der Waals surface area contributed by atoms with Crippen LogP contribution in [0.1, 0.15) is 38.0 Å². The molecule has 0 saturated heterocycles. The zero-order chi connectivity index (χ0) is 11.4. The Labute approximate surface area is 91.3 Å². The van der Waals surface area contributed by atoms with Crippen LogP contribution in [0.3, 0.4) is 0 Å². The molecule has 2 heteroatoms. The number of esters is 1. The summed E-state index contributed by atoms with van der Waals surface area (Å²) in [5, 5.41) is 0. The maximum Gasteiger partial charge on any atom is 0.308 e. The zero-order valence-corrected chi connectivity index (χ0v) is 9.78. The number of aryl methyl sites for hydroxylation is 1. The molecule has 0 saturated carbocycles. The molecule has 0 aliphatic rings. The maximum absolute atomic E-state index is 11.4. The molecule has 0 heterocycles. The number of carbonyl (C=O) groups excluding carboxylic acids is 1. The molecule has 0 unspecified atom stereocenters. The van der Waals surface area contributed by atoms with Crippen LogP contribution in [0.25, 0.3) is 0 Å². The van der Waals surface area contributed by atoms with E-state index in [0.29, 0.717) is 0 Å². The summed E-state index contributed by atoms with van der Waals surface area (Å²) < 4.78 is 5.34. The Morgan fingerprint density at radius 3 is 2.33 bits per heavy atom. The average Bonchev–Trinajstić information content (AvgIpc) is 2.18. The van der Waals surface area contributed by atoms with Crippen molar-refractivity contribution in [3.63, 3.8) is 0 Å². The van der Waals surface area contributed by atoms with Crippen LogP contribution in [-0.2, 0) is 9.53 Å². The molecule has 2 nitrogen and oxygen atoms in total. The standard InChI is InChI=1S/C13H18O2/c1-9(2)13(14)15-11(4)12-8-6-5-7-10(12)3/h5-9,11H,1-4H3/t11-/m1/s1. The molecule has 0 radical (unpaired) electrons. The molecule has 0 spiro atoms. The fourth-order valence-electron chi connectivity index (χ4n) is 1.42. The third-order valence-electron chi connectivity index (χ3n) is 2.39. The third-order valence-corrected chi connectivity index (χ3v) is 2.39. The zero-order valence-electron chi connectivity index (χ0n) is 9.78. The molecular weight excluding hydrogens is 188 g/mol. The van der Waals surface area contributed by atoms with Gasteiger partial charge in [-0.2, -0.15) is 0 Å². The first-order chi connectivity index (χ1) is 7.02. The number of hydrogen-bond donors (Lipinski definition) is 0. The van der Waals surface area contributed by atoms with Crippen LogP contribution < -0.4 is 0 Å². The molecule has 1 aromatic rings. The largest absolute Gasteiger partial charge is 0.458 e. The van der Waals surface area contributed by atoms with E-state index in [1.54, 1.807) is 0 Å². The van der Waals surface area contributed by atoms with Crippen LogP contribution >= 0.6 is 0 Å². The normalized spacial score (nSPS) is 12.6. The number of rotatable bonds is 3. The highest BCUT2D eigenvalue weighted by Gasteiger charge is 2.15. The molecule has 1 rings (SSSR count). The number of ether oxygens (including phenoxy) is 1. The first-order valence-electron chi connectivity index (χ1n) is 5.28. The minimum atomic E-state index is -0.166. The molecular formula is C13H18O2. The van der Waals surface area contributed by atoms with Crippen molar-refractivity contribution in [3.05, 3.63) is 35.4 Å². The van der Waals surface area contributed by atoms with Crippen molar-refractivity contribution in [3.8, 4) is 0 Å². The van der Waals surface area contributed by atoms with Crippen molar-refractivity contribution in [2.75, 3.05) is 0 Å². The third kappa shape index (κ3) is 3.08. The van der Waals surface area contributed by atoms with E-state index in [-0.39, 0.29) is 18.0 Å². The van der Waals surface area contributed by atoms with E-state index < -0.39 is 0 Å². The van der Waals surface area contributed by atoms with E-state index in [4.69, 9.17) is 4.74 Å². The van der Waals surface area contributed by atoms with Gasteiger partial charge in [0.2, 0.25) is 0 Å². The van der Waals surface area contributed by atoms with Gasteiger partial charge in [-0.25, -0.2) is 0 Å². The SMILES string of the molecule is Cc1ccccc1[C@@H](C)OC(=O)C(C)C. The Hall–Kier alpha value is -1.31. The van der Waals surface area contributed by atoms with Crippen molar-refractivity contribution in [2.24, 2.45) is 5.92 Å². The minimum Gasteiger partial charge on any atom is -0.458 e. The summed E-state index contributed by atoms with van der Waals surface area (Å²) in [5.41, 5.74) is 2.23. The van der Waals surface area contributed by atoms with Crippen LogP contribution in [0.2, 0.25) is 0 Å². The summed E-state index contributed by atoms with van der Waals surface area (Å²) in [6, 6.07) is 7.96. The molecule has 1 atom stereocenters. The van der Waals surface area contributed by atoms with Crippen LogP contribution in [0.4, 0.5) is 0 Å². The van der Waals surface area contributed by atoms with Gasteiger partial charge in [0.25, 0.3) is 0 Å². The first-order valence-corrected chi connectivity index (χ1v) is 5.28. The molecule has 0 aromatic heterocycles. The Bertz CT molecular complexity index is 342. The van der Waals surface area contributed by atoms with Gasteiger partial charge in [0.15, 0.2) is 0 Å². The lowest BCUT2D eigenvalue weighted by atomic mass is 10.0. The lowest BCUT2D eigenvalue weighted by Crippen LogP contribution is -2.14. The summed E-state index contributed by atoms with van der Waals surface area (Å²) in [6.45, 7) is 7.61. The van der Waals surface area contributed by atoms with Gasteiger partial charge in [-0.15, -0.1) is 0 Å². The molecule has 15 heavy (non-hydrogen) atoms. The lowest BCUT2D eigenvalue weighted by Gasteiger charge is -2.16. The quantitative estimate of drug-likeness (QED) is 0.709. The predicted molar refractivity (Wildman–Crippen MR) is 60.5 cm³/mol. The smallest absolute Gasteiger partial charge is 0.308 e. The van der Waals surface area contributed by atoms with Crippen molar-refractivity contribution >= 4 is 5.97 Å². The second kappa shape index (κ2) is 4.96. The Morgan fingerprint density at radius 2 is 1.80 bits per heavy atom. The lowest BCUT2D eigenvalue weighted by molar-refractivity contribution is -0.152. The maximum atomic E-state index is 11.4. The Kier molecular flexibility index (Phi) is 3.89. The molecule has 0 aliphatic carbocycles. The molecule has 0 bridgehead atoms. The summed E-state index contributed by atoms with van der Waals surface area (Å²) in [4.78, 5) is 11.4. The highest BCUT2D eigenvalue weighted by Crippen LogP contribution is 2.21. The second-order valence-corrected chi connectivity index (χ2v) is 4.09. The Morgan fingerprint density at radius 1 is 1.20 bits per heavy atom. The van der Waals surface area contributed by atoms with Crippen molar-refractivity contribution in [1.29, 1.82) is 0 Å². The van der Waals surface area contributed by atoms with Gasteiger partial charge >= 0.3 is 5.97 Å². The second-order valence-electron chi connectivity index (χ2n) is 4.09. The molecule has 0 amide bonds. The van der Waals surface area contributed by atoms with Gasteiger partial charge in [0.05, 0.1) is 5.92 Å². The highest BCUT2D eigenvalue weighted by atomic mass is 16.5. The predicted octanol–water partition coefficient (Wildman–Crippen LogP) is 3.26. The van der Waals surface area contributed by atoms with E-state index in [1.807, 2.05) is 52.0 Å². The molecule has 1 aromatic carbocycles. The molecule has 0 N–H and O–H groups in total. The van der Waals surface area contributed by atoms with Crippen molar-refractivity contribution in [2.45, 2.75) is 33.8 Å². The van der Waals surface area contributed by atoms with Crippen molar-refractivity contribution in [1.82, 2.24) is 0 Å². The summed E-state index contributed by atoms with van der Waals surface area (Å²) >= 11 is 0. The fourth-order valence-corrected chi connectivity index (χ4v) is 1.42. The highest BCUT2D eigenvalue weighted by molar-refractivity contribution is 5.71. The van der Waals surface area contributed by atoms with Gasteiger partial charge in [-0.3, -0.25) is 4.79 Å². The number of hydrogen-bond acceptors (Lipinski definition) is 2. The summed E-state index contributed by atoms with van der Waals surface area (Å²) in [6.07, 6.45) is -0.166. The van der Waals surface area contributed by atoms with Gasteiger partial charge in [0.1, 0.15) is 6.10 Å². The summed E-state index contributed by atoms with van der Waals surface area (Å²) in [5.74, 6) is -0.220. The topological polar surface area (TPSA) is 26.3 Å².